The van der Waals surface area contributed by atoms with E-state index >= 15 is 0 Å². The van der Waals surface area contributed by atoms with E-state index in [0.717, 1.165) is 29.4 Å². The van der Waals surface area contributed by atoms with E-state index in [9.17, 15) is 0 Å². The minimum absolute atomic E-state index is 0.785. The van der Waals surface area contributed by atoms with E-state index in [1.807, 2.05) is 36.4 Å². The fourth-order valence-corrected chi connectivity index (χ4v) is 3.16. The summed E-state index contributed by atoms with van der Waals surface area (Å²) < 4.78 is 6.04. The minimum atomic E-state index is 0.785. The largest absolute Gasteiger partial charge is 0.453 e. The molecule has 0 unspecified atom stereocenters. The van der Waals surface area contributed by atoms with E-state index < -0.39 is 0 Å². The predicted octanol–water partition coefficient (Wildman–Crippen LogP) is 5.71. The summed E-state index contributed by atoms with van der Waals surface area (Å²) >= 11 is 0. The number of ether oxygens (including phenoxy) is 1. The molecule has 1 aliphatic rings. The summed E-state index contributed by atoms with van der Waals surface area (Å²) in [4.78, 5) is 4.40. The Morgan fingerprint density at radius 2 is 1.38 bits per heavy atom. The SMILES string of the molecule is CN(C)c1ccc(/C=C/CN2c3ccccc3Oc3ccccc32)cc1. The Morgan fingerprint density at radius 3 is 1.96 bits per heavy atom. The van der Waals surface area contributed by atoms with E-state index in [-0.39, 0.29) is 0 Å². The van der Waals surface area contributed by atoms with E-state index in [1.54, 1.807) is 0 Å². The van der Waals surface area contributed by atoms with Crippen LogP contribution in [0, 0.1) is 0 Å². The third kappa shape index (κ3) is 3.16. The van der Waals surface area contributed by atoms with Crippen molar-refractivity contribution in [3.8, 4) is 11.5 Å². The molecule has 0 bridgehead atoms. The molecule has 1 heterocycles. The van der Waals surface area contributed by atoms with Crippen LogP contribution in [0.3, 0.4) is 0 Å². The molecular weight excluding hydrogens is 320 g/mol. The summed E-state index contributed by atoms with van der Waals surface area (Å²) in [6, 6.07) is 24.9. The molecule has 0 radical (unpaired) electrons. The Hall–Kier alpha value is -3.20. The van der Waals surface area contributed by atoms with Crippen molar-refractivity contribution in [1.29, 1.82) is 0 Å². The van der Waals surface area contributed by atoms with Crippen LogP contribution in [0.4, 0.5) is 17.1 Å². The maximum atomic E-state index is 6.04. The molecule has 0 aromatic heterocycles. The van der Waals surface area contributed by atoms with Gasteiger partial charge in [-0.25, -0.2) is 0 Å². The van der Waals surface area contributed by atoms with Crippen LogP contribution >= 0.6 is 0 Å². The van der Waals surface area contributed by atoms with Gasteiger partial charge in [0, 0.05) is 26.3 Å². The topological polar surface area (TPSA) is 15.7 Å². The van der Waals surface area contributed by atoms with Crippen LogP contribution in [-0.4, -0.2) is 20.6 Å². The van der Waals surface area contributed by atoms with Gasteiger partial charge in [0.15, 0.2) is 11.5 Å². The van der Waals surface area contributed by atoms with Crippen LogP contribution < -0.4 is 14.5 Å². The van der Waals surface area contributed by atoms with Gasteiger partial charge in [-0.15, -0.1) is 0 Å². The maximum Gasteiger partial charge on any atom is 0.151 e. The van der Waals surface area contributed by atoms with Crippen molar-refractivity contribution in [2.45, 2.75) is 0 Å². The first-order valence-corrected chi connectivity index (χ1v) is 8.80. The second-order valence-corrected chi connectivity index (χ2v) is 6.54. The van der Waals surface area contributed by atoms with E-state index in [1.165, 1.54) is 11.3 Å². The molecule has 1 aliphatic heterocycles. The van der Waals surface area contributed by atoms with Gasteiger partial charge in [-0.05, 0) is 42.0 Å². The van der Waals surface area contributed by atoms with Gasteiger partial charge in [0.2, 0.25) is 0 Å². The zero-order valence-electron chi connectivity index (χ0n) is 15.1. The Kier molecular flexibility index (Phi) is 4.36. The number of rotatable bonds is 4. The van der Waals surface area contributed by atoms with Gasteiger partial charge in [-0.1, -0.05) is 48.6 Å². The number of anilines is 3. The Labute approximate surface area is 154 Å². The number of fused-ring (bicyclic) bond motifs is 2. The number of hydrogen-bond acceptors (Lipinski definition) is 3. The molecule has 3 nitrogen and oxygen atoms in total. The molecule has 0 spiro atoms. The Bertz CT molecular complexity index is 883. The van der Waals surface area contributed by atoms with Gasteiger partial charge in [0.1, 0.15) is 0 Å². The van der Waals surface area contributed by atoms with Gasteiger partial charge in [-0.2, -0.15) is 0 Å². The zero-order valence-corrected chi connectivity index (χ0v) is 15.1. The van der Waals surface area contributed by atoms with Crippen LogP contribution in [0.5, 0.6) is 11.5 Å². The van der Waals surface area contributed by atoms with Crippen molar-refractivity contribution in [1.82, 2.24) is 0 Å². The quantitative estimate of drug-likeness (QED) is 0.604. The fourth-order valence-electron chi connectivity index (χ4n) is 3.16. The lowest BCUT2D eigenvalue weighted by molar-refractivity contribution is 0.474. The van der Waals surface area contributed by atoms with E-state index in [0.29, 0.717) is 0 Å². The Morgan fingerprint density at radius 1 is 0.808 bits per heavy atom. The summed E-state index contributed by atoms with van der Waals surface area (Å²) in [5.74, 6) is 1.80. The molecule has 0 saturated heterocycles. The smallest absolute Gasteiger partial charge is 0.151 e. The van der Waals surface area contributed by atoms with Crippen LogP contribution in [-0.2, 0) is 0 Å². The zero-order chi connectivity index (χ0) is 17.9. The molecule has 0 fully saturated rings. The normalized spacial score (nSPS) is 12.5. The number of benzene rings is 3. The van der Waals surface area contributed by atoms with Crippen molar-refractivity contribution in [3.05, 3.63) is 84.4 Å². The summed E-state index contributed by atoms with van der Waals surface area (Å²) in [7, 11) is 4.11. The predicted molar refractivity (Wildman–Crippen MR) is 110 cm³/mol. The maximum absolute atomic E-state index is 6.04. The summed E-state index contributed by atoms with van der Waals surface area (Å²) in [6.07, 6.45) is 4.36. The molecule has 0 amide bonds. The Balaban J connectivity index is 1.58. The van der Waals surface area contributed by atoms with E-state index in [4.69, 9.17) is 4.74 Å². The minimum Gasteiger partial charge on any atom is -0.453 e. The first-order chi connectivity index (χ1) is 12.7. The molecule has 3 heteroatoms. The molecule has 130 valence electrons. The second-order valence-electron chi connectivity index (χ2n) is 6.54. The summed E-state index contributed by atoms with van der Waals surface area (Å²) in [5.41, 5.74) is 4.60. The highest BCUT2D eigenvalue weighted by Crippen LogP contribution is 2.45. The molecule has 26 heavy (non-hydrogen) atoms. The van der Waals surface area contributed by atoms with Gasteiger partial charge in [0.05, 0.1) is 11.4 Å². The van der Waals surface area contributed by atoms with Crippen LogP contribution in [0.15, 0.2) is 78.9 Å². The molecular formula is C23H22N2O. The standard InChI is InChI=1S/C23H22N2O/c1-24(2)19-15-13-18(14-16-19)8-7-17-25-20-9-3-5-11-22(20)26-23-12-6-4-10-21(23)25/h3-16H,17H2,1-2H3/b8-7+. The van der Waals surface area contributed by atoms with Gasteiger partial charge < -0.3 is 14.5 Å². The lowest BCUT2D eigenvalue weighted by atomic mass is 10.1. The molecule has 0 atom stereocenters. The van der Waals surface area contributed by atoms with Gasteiger partial charge in [-0.3, -0.25) is 0 Å². The van der Waals surface area contributed by atoms with Crippen molar-refractivity contribution >= 4 is 23.1 Å². The lowest BCUT2D eigenvalue weighted by Gasteiger charge is -2.31. The van der Waals surface area contributed by atoms with Crippen molar-refractivity contribution in [2.75, 3.05) is 30.4 Å². The number of para-hydroxylation sites is 4. The average molecular weight is 342 g/mol. The van der Waals surface area contributed by atoms with Crippen molar-refractivity contribution in [3.63, 3.8) is 0 Å². The number of hydrogen-bond donors (Lipinski definition) is 0. The summed E-state index contributed by atoms with van der Waals surface area (Å²) in [6.45, 7) is 0.785. The molecule has 0 aliphatic carbocycles. The second kappa shape index (κ2) is 6.96. The van der Waals surface area contributed by atoms with Crippen molar-refractivity contribution in [2.24, 2.45) is 0 Å². The van der Waals surface area contributed by atoms with Gasteiger partial charge in [0.25, 0.3) is 0 Å². The molecule has 0 saturated carbocycles. The van der Waals surface area contributed by atoms with Crippen LogP contribution in [0.1, 0.15) is 5.56 Å². The highest BCUT2D eigenvalue weighted by atomic mass is 16.5. The van der Waals surface area contributed by atoms with Crippen LogP contribution in [0.25, 0.3) is 6.08 Å². The van der Waals surface area contributed by atoms with Gasteiger partial charge >= 0.3 is 0 Å². The third-order valence-corrected chi connectivity index (χ3v) is 4.54. The highest BCUT2D eigenvalue weighted by molar-refractivity contribution is 5.78. The highest BCUT2D eigenvalue weighted by Gasteiger charge is 2.22. The average Bonchev–Trinajstić information content (AvgIpc) is 2.68. The van der Waals surface area contributed by atoms with Crippen molar-refractivity contribution < 1.29 is 4.74 Å². The first kappa shape index (κ1) is 16.3. The monoisotopic (exact) mass is 342 g/mol. The summed E-state index contributed by atoms with van der Waals surface area (Å²) in [5, 5.41) is 0. The van der Waals surface area contributed by atoms with E-state index in [2.05, 4.69) is 72.4 Å². The molecule has 0 N–H and O–H groups in total. The fraction of sp³-hybridized carbons (Fsp3) is 0.130. The lowest BCUT2D eigenvalue weighted by Crippen LogP contribution is -2.21. The molecule has 4 rings (SSSR count). The first-order valence-electron chi connectivity index (χ1n) is 8.80. The third-order valence-electron chi connectivity index (χ3n) is 4.54. The molecule has 3 aromatic carbocycles. The van der Waals surface area contributed by atoms with Crippen LogP contribution in [0.2, 0.25) is 0 Å². The molecule has 3 aromatic rings. The number of nitrogens with zero attached hydrogens (tertiary/aromatic N) is 2.